The van der Waals surface area contributed by atoms with Crippen molar-refractivity contribution in [2.45, 2.75) is 6.42 Å². The predicted molar refractivity (Wildman–Crippen MR) is 63.9 cm³/mol. The number of ether oxygens (including phenoxy) is 1. The van der Waals surface area contributed by atoms with Crippen molar-refractivity contribution in [1.82, 2.24) is 0 Å². The maximum atomic E-state index is 8.92. The largest absolute Gasteiger partial charge is 0.438 e. The molecule has 1 aromatic carbocycles. The Balaban J connectivity index is 2.11. The van der Waals surface area contributed by atoms with Gasteiger partial charge in [-0.05, 0) is 12.1 Å². The van der Waals surface area contributed by atoms with Crippen molar-refractivity contribution in [3.8, 4) is 11.8 Å². The van der Waals surface area contributed by atoms with Crippen LogP contribution >= 0.6 is 0 Å². The lowest BCUT2D eigenvalue weighted by Gasteiger charge is -2.22. The molecular formula is C13H9N3O. The number of para-hydroxylation sites is 1. The maximum absolute atomic E-state index is 8.92. The quantitative estimate of drug-likeness (QED) is 0.730. The second-order valence-corrected chi connectivity index (χ2v) is 3.88. The second kappa shape index (κ2) is 3.49. The van der Waals surface area contributed by atoms with Crippen LogP contribution in [0.15, 0.2) is 46.2 Å². The van der Waals surface area contributed by atoms with Crippen molar-refractivity contribution in [3.63, 3.8) is 0 Å². The molecule has 0 saturated carbocycles. The first-order valence-corrected chi connectivity index (χ1v) is 5.23. The lowest BCUT2D eigenvalue weighted by Crippen LogP contribution is -2.22. The smallest absolute Gasteiger partial charge is 0.224 e. The molecule has 0 saturated heterocycles. The number of aliphatic imine (C=N–C) groups is 1. The highest BCUT2D eigenvalue weighted by Crippen LogP contribution is 2.32. The Labute approximate surface area is 98.3 Å². The molecule has 0 unspecified atom stereocenters. The van der Waals surface area contributed by atoms with Gasteiger partial charge in [0.2, 0.25) is 5.90 Å². The van der Waals surface area contributed by atoms with Crippen molar-refractivity contribution in [1.29, 1.82) is 5.26 Å². The summed E-state index contributed by atoms with van der Waals surface area (Å²) in [5.74, 6) is 1.52. The number of hydrogen-bond acceptors (Lipinski definition) is 4. The zero-order chi connectivity index (χ0) is 11.8. The Kier molecular flexibility index (Phi) is 1.99. The molecule has 2 heterocycles. The molecule has 17 heavy (non-hydrogen) atoms. The first-order valence-electron chi connectivity index (χ1n) is 5.23. The van der Waals surface area contributed by atoms with Crippen molar-refractivity contribution in [2.75, 3.05) is 0 Å². The maximum Gasteiger partial charge on any atom is 0.224 e. The van der Waals surface area contributed by atoms with Crippen molar-refractivity contribution in [2.24, 2.45) is 10.7 Å². The third-order valence-corrected chi connectivity index (χ3v) is 2.76. The number of hydrogen-bond donors (Lipinski definition) is 1. The average molecular weight is 223 g/mol. The van der Waals surface area contributed by atoms with E-state index in [-0.39, 0.29) is 5.82 Å². The Bertz CT molecular complexity index is 632. The summed E-state index contributed by atoms with van der Waals surface area (Å²) < 4.78 is 5.66. The highest BCUT2D eigenvalue weighted by Gasteiger charge is 2.24. The van der Waals surface area contributed by atoms with E-state index >= 15 is 0 Å². The Hall–Kier alpha value is -2.54. The van der Waals surface area contributed by atoms with Gasteiger partial charge in [-0.1, -0.05) is 18.2 Å². The van der Waals surface area contributed by atoms with E-state index in [2.05, 4.69) is 11.1 Å². The number of fused-ring (bicyclic) bond motifs is 2. The Morgan fingerprint density at radius 1 is 1.35 bits per heavy atom. The van der Waals surface area contributed by atoms with Crippen molar-refractivity contribution >= 4 is 12.0 Å². The standard InChI is InChI=1S/C13H9N3O/c14-7-10-6-9-5-8-3-1-2-4-11(8)17-13(9)16-12(10)15/h1-5H,6,15H2. The van der Waals surface area contributed by atoms with Gasteiger partial charge in [0.05, 0.1) is 11.6 Å². The average Bonchev–Trinajstić information content (AvgIpc) is 2.35. The topological polar surface area (TPSA) is 71.4 Å². The molecule has 0 aliphatic carbocycles. The number of nitriles is 1. The molecular weight excluding hydrogens is 214 g/mol. The van der Waals surface area contributed by atoms with E-state index in [1.807, 2.05) is 30.3 Å². The van der Waals surface area contributed by atoms with Gasteiger partial charge in [-0.3, -0.25) is 0 Å². The molecule has 0 amide bonds. The number of nitrogens with two attached hydrogens (primary N) is 1. The normalized spacial score (nSPS) is 17.1. The van der Waals surface area contributed by atoms with Crippen LogP contribution < -0.4 is 10.5 Å². The van der Waals surface area contributed by atoms with E-state index in [0.29, 0.717) is 17.9 Å². The summed E-state index contributed by atoms with van der Waals surface area (Å²) in [6, 6.07) is 9.75. The molecule has 2 N–H and O–H groups in total. The zero-order valence-electron chi connectivity index (χ0n) is 8.97. The molecule has 4 heteroatoms. The number of rotatable bonds is 0. The molecule has 4 nitrogen and oxygen atoms in total. The van der Waals surface area contributed by atoms with Crippen LogP contribution in [0.3, 0.4) is 0 Å². The fourth-order valence-corrected chi connectivity index (χ4v) is 1.89. The van der Waals surface area contributed by atoms with Gasteiger partial charge >= 0.3 is 0 Å². The summed E-state index contributed by atoms with van der Waals surface area (Å²) in [7, 11) is 0. The minimum absolute atomic E-state index is 0.249. The van der Waals surface area contributed by atoms with Crippen LogP contribution in [0.4, 0.5) is 0 Å². The van der Waals surface area contributed by atoms with Crippen LogP contribution in [0.25, 0.3) is 6.08 Å². The van der Waals surface area contributed by atoms with Crippen LogP contribution in [0.5, 0.6) is 5.75 Å². The van der Waals surface area contributed by atoms with E-state index in [1.165, 1.54) is 0 Å². The van der Waals surface area contributed by atoms with Crippen molar-refractivity contribution in [3.05, 3.63) is 46.8 Å². The van der Waals surface area contributed by atoms with E-state index in [4.69, 9.17) is 15.7 Å². The molecule has 1 aromatic rings. The van der Waals surface area contributed by atoms with Gasteiger partial charge in [0.25, 0.3) is 0 Å². The van der Waals surface area contributed by atoms with Gasteiger partial charge in [0.1, 0.15) is 11.6 Å². The molecule has 0 fully saturated rings. The fourth-order valence-electron chi connectivity index (χ4n) is 1.89. The minimum atomic E-state index is 0.249. The number of allylic oxidation sites excluding steroid dienone is 1. The third-order valence-electron chi connectivity index (χ3n) is 2.76. The summed E-state index contributed by atoms with van der Waals surface area (Å²) in [6.45, 7) is 0. The number of benzene rings is 1. The van der Waals surface area contributed by atoms with Crippen LogP contribution in [-0.4, -0.2) is 5.90 Å². The SMILES string of the molecule is N#CC1=C(N)N=C2Oc3ccccc3C=C2C1. The molecule has 2 aliphatic rings. The first kappa shape index (κ1) is 9.67. The summed E-state index contributed by atoms with van der Waals surface area (Å²) in [5.41, 5.74) is 8.06. The van der Waals surface area contributed by atoms with Gasteiger partial charge in [0.15, 0.2) is 0 Å². The first-order chi connectivity index (χ1) is 8.28. The fraction of sp³-hybridized carbons (Fsp3) is 0.0769. The predicted octanol–water partition coefficient (Wildman–Crippen LogP) is 1.96. The van der Waals surface area contributed by atoms with Crippen LogP contribution in [-0.2, 0) is 0 Å². The summed E-state index contributed by atoms with van der Waals surface area (Å²) >= 11 is 0. The summed E-state index contributed by atoms with van der Waals surface area (Å²) in [5, 5.41) is 8.92. The van der Waals surface area contributed by atoms with E-state index in [1.54, 1.807) is 0 Å². The molecule has 2 aliphatic heterocycles. The monoisotopic (exact) mass is 223 g/mol. The molecule has 0 aromatic heterocycles. The Morgan fingerprint density at radius 2 is 2.18 bits per heavy atom. The van der Waals surface area contributed by atoms with Crippen LogP contribution in [0, 0.1) is 11.3 Å². The molecule has 82 valence electrons. The van der Waals surface area contributed by atoms with Gasteiger partial charge in [-0.25, -0.2) is 0 Å². The van der Waals surface area contributed by atoms with Gasteiger partial charge in [-0.2, -0.15) is 10.3 Å². The minimum Gasteiger partial charge on any atom is -0.438 e. The van der Waals surface area contributed by atoms with Gasteiger partial charge in [-0.15, -0.1) is 0 Å². The third kappa shape index (κ3) is 1.49. The summed E-state index contributed by atoms with van der Waals surface area (Å²) in [6.07, 6.45) is 2.47. The lowest BCUT2D eigenvalue weighted by molar-refractivity contribution is 0.540. The van der Waals surface area contributed by atoms with Crippen LogP contribution in [0.1, 0.15) is 12.0 Å². The van der Waals surface area contributed by atoms with E-state index in [9.17, 15) is 0 Å². The van der Waals surface area contributed by atoms with Crippen LogP contribution in [0.2, 0.25) is 0 Å². The molecule has 0 atom stereocenters. The second-order valence-electron chi connectivity index (χ2n) is 3.88. The summed E-state index contributed by atoms with van der Waals surface area (Å²) in [4.78, 5) is 4.12. The molecule has 3 rings (SSSR count). The zero-order valence-corrected chi connectivity index (χ0v) is 8.97. The van der Waals surface area contributed by atoms with Crippen molar-refractivity contribution < 1.29 is 4.74 Å². The highest BCUT2D eigenvalue weighted by molar-refractivity contribution is 6.04. The molecule has 0 bridgehead atoms. The van der Waals surface area contributed by atoms with E-state index < -0.39 is 0 Å². The lowest BCUT2D eigenvalue weighted by atomic mass is 9.98. The Morgan fingerprint density at radius 3 is 3.00 bits per heavy atom. The van der Waals surface area contributed by atoms with Gasteiger partial charge in [0, 0.05) is 17.6 Å². The van der Waals surface area contributed by atoms with Gasteiger partial charge < -0.3 is 10.5 Å². The highest BCUT2D eigenvalue weighted by atomic mass is 16.5. The van der Waals surface area contributed by atoms with E-state index in [0.717, 1.165) is 16.9 Å². The number of nitrogens with zero attached hydrogens (tertiary/aromatic N) is 2. The molecule has 0 spiro atoms. The molecule has 0 radical (unpaired) electrons.